The number of benzene rings is 2. The Kier molecular flexibility index (Phi) is 9.44. The molecule has 2 unspecified atom stereocenters. The molecule has 0 saturated heterocycles. The second kappa shape index (κ2) is 12.2. The van der Waals surface area contributed by atoms with Crippen molar-refractivity contribution < 1.29 is 24.2 Å². The molecule has 0 aliphatic heterocycles. The smallest absolute Gasteiger partial charge is 0.408 e. The number of nitrogens with one attached hydrogen (secondary N) is 2. The van der Waals surface area contributed by atoms with Crippen LogP contribution in [0.5, 0.6) is 0 Å². The highest BCUT2D eigenvalue weighted by Gasteiger charge is 2.42. The maximum absolute atomic E-state index is 14.0. The molecule has 3 rings (SSSR count). The first-order chi connectivity index (χ1) is 17.8. The third kappa shape index (κ3) is 7.05. The van der Waals surface area contributed by atoms with Crippen LogP contribution >= 0.6 is 11.6 Å². The molecule has 206 valence electrons. The van der Waals surface area contributed by atoms with Crippen LogP contribution in [0.3, 0.4) is 0 Å². The van der Waals surface area contributed by atoms with Gasteiger partial charge >= 0.3 is 6.09 Å². The number of hydrogen-bond donors (Lipinski definition) is 3. The zero-order chi connectivity index (χ0) is 28.2. The highest BCUT2D eigenvalue weighted by atomic mass is 35.5. The highest BCUT2D eigenvalue weighted by molar-refractivity contribution is 6.34. The van der Waals surface area contributed by atoms with Crippen LogP contribution in [0.4, 0.5) is 10.5 Å². The standard InChI is InChI=1S/C29H38ClN3O5/c1-17-13-14-20(15-19(17)3)25(26(35)32-24-18(2)9-7-12-22(24)30)33(21-10-8-11-21)27(36)23(16-34)31-28(37)38-29(4,5)6/h7,9,12-15,21,23,25,34H,8,10-11,16H2,1-6H3,(H,31,37)(H,32,35). The molecule has 2 atom stereocenters. The second-order valence-electron chi connectivity index (χ2n) is 10.9. The minimum Gasteiger partial charge on any atom is -0.444 e. The van der Waals surface area contributed by atoms with Gasteiger partial charge in [-0.25, -0.2) is 4.79 Å². The molecular formula is C29H38ClN3O5. The summed E-state index contributed by atoms with van der Waals surface area (Å²) >= 11 is 6.41. The van der Waals surface area contributed by atoms with E-state index in [0.717, 1.165) is 23.1 Å². The Labute approximate surface area is 229 Å². The Bertz CT molecular complexity index is 1170. The third-order valence-corrected chi connectivity index (χ3v) is 7.05. The number of aliphatic hydroxyl groups is 1. The number of aryl methyl sites for hydroxylation is 3. The van der Waals surface area contributed by atoms with E-state index in [4.69, 9.17) is 16.3 Å². The molecule has 1 aliphatic carbocycles. The summed E-state index contributed by atoms with van der Waals surface area (Å²) in [4.78, 5) is 41.9. The van der Waals surface area contributed by atoms with Crippen molar-refractivity contribution in [2.24, 2.45) is 0 Å². The fourth-order valence-electron chi connectivity index (χ4n) is 4.35. The zero-order valence-corrected chi connectivity index (χ0v) is 23.7. The van der Waals surface area contributed by atoms with E-state index >= 15 is 0 Å². The van der Waals surface area contributed by atoms with Gasteiger partial charge in [-0.2, -0.15) is 0 Å². The summed E-state index contributed by atoms with van der Waals surface area (Å²) in [5.41, 5.74) is 3.13. The summed E-state index contributed by atoms with van der Waals surface area (Å²) in [5, 5.41) is 15.9. The van der Waals surface area contributed by atoms with Crippen molar-refractivity contribution in [2.75, 3.05) is 11.9 Å². The molecule has 0 aromatic heterocycles. The average molecular weight is 544 g/mol. The van der Waals surface area contributed by atoms with Crippen molar-refractivity contribution in [1.29, 1.82) is 0 Å². The Hall–Kier alpha value is -3.10. The van der Waals surface area contributed by atoms with Crippen LogP contribution in [-0.2, 0) is 14.3 Å². The van der Waals surface area contributed by atoms with E-state index in [9.17, 15) is 19.5 Å². The number of hydrogen-bond acceptors (Lipinski definition) is 5. The van der Waals surface area contributed by atoms with Gasteiger partial charge in [0.05, 0.1) is 17.3 Å². The van der Waals surface area contributed by atoms with E-state index in [1.54, 1.807) is 32.9 Å². The molecule has 9 heteroatoms. The van der Waals surface area contributed by atoms with Gasteiger partial charge < -0.3 is 25.4 Å². The van der Waals surface area contributed by atoms with Gasteiger partial charge in [-0.15, -0.1) is 0 Å². The van der Waals surface area contributed by atoms with Crippen molar-refractivity contribution in [2.45, 2.75) is 84.5 Å². The molecular weight excluding hydrogens is 506 g/mol. The van der Waals surface area contributed by atoms with Gasteiger partial charge in [-0.3, -0.25) is 9.59 Å². The number of alkyl carbamates (subject to hydrolysis) is 1. The number of aliphatic hydroxyl groups excluding tert-OH is 1. The highest BCUT2D eigenvalue weighted by Crippen LogP contribution is 2.36. The molecule has 8 nitrogen and oxygen atoms in total. The van der Waals surface area contributed by atoms with Crippen molar-refractivity contribution in [3.63, 3.8) is 0 Å². The number of rotatable bonds is 8. The maximum Gasteiger partial charge on any atom is 0.408 e. The average Bonchev–Trinajstić information content (AvgIpc) is 2.79. The lowest BCUT2D eigenvalue weighted by atomic mass is 9.87. The van der Waals surface area contributed by atoms with Crippen LogP contribution in [0.15, 0.2) is 36.4 Å². The number of ether oxygens (including phenoxy) is 1. The van der Waals surface area contributed by atoms with Gasteiger partial charge in [0.25, 0.3) is 5.91 Å². The fraction of sp³-hybridized carbons (Fsp3) is 0.483. The summed E-state index contributed by atoms with van der Waals surface area (Å²) < 4.78 is 5.30. The molecule has 0 heterocycles. The molecule has 1 saturated carbocycles. The topological polar surface area (TPSA) is 108 Å². The minimum atomic E-state index is -1.28. The lowest BCUT2D eigenvalue weighted by Crippen LogP contribution is -2.58. The SMILES string of the molecule is Cc1ccc(C(C(=O)Nc2c(C)cccc2Cl)N(C(=O)C(CO)NC(=O)OC(C)(C)C)C2CCC2)cc1C. The molecule has 0 radical (unpaired) electrons. The summed E-state index contributed by atoms with van der Waals surface area (Å²) in [6, 6.07) is 8.44. The normalized spacial score (nSPS) is 15.2. The quantitative estimate of drug-likeness (QED) is 0.423. The Morgan fingerprint density at radius 3 is 2.29 bits per heavy atom. The minimum absolute atomic E-state index is 0.235. The van der Waals surface area contributed by atoms with Gasteiger partial charge in [0.1, 0.15) is 17.7 Å². The number of carbonyl (C=O) groups is 3. The van der Waals surface area contributed by atoms with Gasteiger partial charge in [0, 0.05) is 6.04 Å². The molecule has 3 N–H and O–H groups in total. The van der Waals surface area contributed by atoms with Crippen molar-refractivity contribution >= 4 is 35.2 Å². The lowest BCUT2D eigenvalue weighted by Gasteiger charge is -2.43. The fourth-order valence-corrected chi connectivity index (χ4v) is 4.62. The monoisotopic (exact) mass is 543 g/mol. The number of nitrogens with zero attached hydrogens (tertiary/aromatic N) is 1. The molecule has 1 aliphatic rings. The van der Waals surface area contributed by atoms with Crippen LogP contribution in [0, 0.1) is 20.8 Å². The molecule has 2 aromatic rings. The maximum atomic E-state index is 14.0. The predicted molar refractivity (Wildman–Crippen MR) is 148 cm³/mol. The van der Waals surface area contributed by atoms with Gasteiger partial charge in [-0.1, -0.05) is 41.9 Å². The molecule has 0 spiro atoms. The molecule has 3 amide bonds. The van der Waals surface area contributed by atoms with Crippen LogP contribution in [0.25, 0.3) is 0 Å². The molecule has 0 bridgehead atoms. The van der Waals surface area contributed by atoms with E-state index in [1.807, 2.05) is 45.0 Å². The summed E-state index contributed by atoms with van der Waals surface area (Å²) in [6.45, 7) is 10.2. The summed E-state index contributed by atoms with van der Waals surface area (Å²) in [5.74, 6) is -0.990. The van der Waals surface area contributed by atoms with Crippen LogP contribution in [0.1, 0.15) is 68.3 Å². The molecule has 38 heavy (non-hydrogen) atoms. The van der Waals surface area contributed by atoms with Gasteiger partial charge in [-0.05, 0) is 89.1 Å². The lowest BCUT2D eigenvalue weighted by molar-refractivity contribution is -0.146. The predicted octanol–water partition coefficient (Wildman–Crippen LogP) is 5.21. The second-order valence-corrected chi connectivity index (χ2v) is 11.3. The largest absolute Gasteiger partial charge is 0.444 e. The van der Waals surface area contributed by atoms with Crippen molar-refractivity contribution in [3.05, 3.63) is 63.7 Å². The first-order valence-electron chi connectivity index (χ1n) is 12.9. The number of halogens is 1. The number of para-hydroxylation sites is 1. The van der Waals surface area contributed by atoms with E-state index in [1.165, 1.54) is 4.90 Å². The Balaban J connectivity index is 2.04. The Morgan fingerprint density at radius 1 is 1.08 bits per heavy atom. The van der Waals surface area contributed by atoms with Gasteiger partial charge in [0.2, 0.25) is 5.91 Å². The van der Waals surface area contributed by atoms with E-state index < -0.39 is 42.2 Å². The van der Waals surface area contributed by atoms with Crippen LogP contribution < -0.4 is 10.6 Å². The summed E-state index contributed by atoms with van der Waals surface area (Å²) in [6.07, 6.45) is 1.49. The summed E-state index contributed by atoms with van der Waals surface area (Å²) in [7, 11) is 0. The number of amides is 3. The molecule has 1 fully saturated rings. The third-order valence-electron chi connectivity index (χ3n) is 6.74. The molecule has 2 aromatic carbocycles. The van der Waals surface area contributed by atoms with Crippen LogP contribution in [-0.4, -0.2) is 52.2 Å². The zero-order valence-electron chi connectivity index (χ0n) is 22.9. The van der Waals surface area contributed by atoms with Gasteiger partial charge in [0.15, 0.2) is 0 Å². The van der Waals surface area contributed by atoms with Crippen molar-refractivity contribution in [1.82, 2.24) is 10.2 Å². The van der Waals surface area contributed by atoms with Crippen LogP contribution in [0.2, 0.25) is 5.02 Å². The van der Waals surface area contributed by atoms with E-state index in [-0.39, 0.29) is 6.04 Å². The van der Waals surface area contributed by atoms with E-state index in [2.05, 4.69) is 10.6 Å². The first kappa shape index (κ1) is 29.5. The number of carbonyl (C=O) groups excluding carboxylic acids is 3. The Morgan fingerprint density at radius 2 is 1.76 bits per heavy atom. The number of anilines is 1. The van der Waals surface area contributed by atoms with E-state index in [0.29, 0.717) is 29.1 Å². The van der Waals surface area contributed by atoms with Crippen molar-refractivity contribution in [3.8, 4) is 0 Å². The first-order valence-corrected chi connectivity index (χ1v) is 13.3.